The van der Waals surface area contributed by atoms with E-state index in [4.69, 9.17) is 9.47 Å². The topological polar surface area (TPSA) is 49.7 Å². The Bertz CT molecular complexity index is 249. The van der Waals surface area contributed by atoms with Gasteiger partial charge >= 0.3 is 0 Å². The first kappa shape index (κ1) is 13.5. The minimum absolute atomic E-state index is 0.391. The van der Waals surface area contributed by atoms with E-state index in [0.29, 0.717) is 12.1 Å². The van der Waals surface area contributed by atoms with Gasteiger partial charge in [-0.3, -0.25) is 10.0 Å². The van der Waals surface area contributed by atoms with E-state index < -0.39 is 0 Å². The third-order valence-electron chi connectivity index (χ3n) is 3.68. The molecule has 2 atom stereocenters. The van der Waals surface area contributed by atoms with Crippen LogP contribution in [0.1, 0.15) is 25.7 Å². The van der Waals surface area contributed by atoms with Gasteiger partial charge in [-0.2, -0.15) is 0 Å². The molecular weight excluding hydrogens is 232 g/mol. The van der Waals surface area contributed by atoms with Crippen molar-refractivity contribution in [3.63, 3.8) is 0 Å². The Balaban J connectivity index is 1.85. The summed E-state index contributed by atoms with van der Waals surface area (Å²) in [5.41, 5.74) is 0. The van der Waals surface area contributed by atoms with Gasteiger partial charge < -0.3 is 9.47 Å². The van der Waals surface area contributed by atoms with Gasteiger partial charge in [0.05, 0.1) is 25.3 Å². The predicted octanol–water partition coefficient (Wildman–Crippen LogP) is 1.49. The molecule has 2 saturated heterocycles. The summed E-state index contributed by atoms with van der Waals surface area (Å²) in [4.78, 5) is 0. The number of methoxy groups -OCH3 is 2. The average molecular weight is 256 g/mol. The first-order valence-electron chi connectivity index (χ1n) is 6.78. The van der Waals surface area contributed by atoms with Crippen molar-refractivity contribution in [2.45, 2.75) is 37.8 Å². The van der Waals surface area contributed by atoms with Crippen LogP contribution in [0, 0.1) is 0 Å². The number of rotatable bonds is 6. The highest BCUT2D eigenvalue weighted by atomic mass is 16.5. The fraction of sp³-hybridized carbons (Fsp3) is 1.00. The lowest BCUT2D eigenvalue weighted by molar-refractivity contribution is 0.0846. The van der Waals surface area contributed by atoms with Crippen molar-refractivity contribution >= 4 is 0 Å². The molecule has 0 saturated carbocycles. The molecule has 2 heterocycles. The molecule has 0 radical (unpaired) electrons. The molecule has 0 amide bonds. The second kappa shape index (κ2) is 6.89. The molecule has 6 heteroatoms. The van der Waals surface area contributed by atoms with Crippen LogP contribution in [-0.2, 0) is 9.47 Å². The fourth-order valence-electron chi connectivity index (χ4n) is 2.70. The van der Waals surface area contributed by atoms with Crippen molar-refractivity contribution in [2.24, 2.45) is 10.4 Å². The smallest absolute Gasteiger partial charge is 0.0722 e. The molecule has 0 aliphatic carbocycles. The number of ether oxygens (including phenoxy) is 2. The molecule has 2 aliphatic rings. The minimum Gasteiger partial charge on any atom is -0.382 e. The molecule has 0 aromatic rings. The van der Waals surface area contributed by atoms with Crippen LogP contribution in [-0.4, -0.2) is 62.6 Å². The van der Waals surface area contributed by atoms with Crippen molar-refractivity contribution in [3.8, 4) is 0 Å². The van der Waals surface area contributed by atoms with Gasteiger partial charge in [0.25, 0.3) is 0 Å². The lowest BCUT2D eigenvalue weighted by atomic mass is 10.2. The molecule has 2 rings (SSSR count). The summed E-state index contributed by atoms with van der Waals surface area (Å²) in [5.74, 6) is 0. The molecule has 0 N–H and O–H groups in total. The molecule has 6 nitrogen and oxygen atoms in total. The van der Waals surface area contributed by atoms with Crippen LogP contribution in [0.4, 0.5) is 0 Å². The van der Waals surface area contributed by atoms with Gasteiger partial charge in [0, 0.05) is 27.3 Å². The number of nitrogens with zero attached hydrogens (tertiary/aromatic N) is 4. The lowest BCUT2D eigenvalue weighted by Gasteiger charge is -2.22. The van der Waals surface area contributed by atoms with Crippen molar-refractivity contribution in [2.75, 3.05) is 40.5 Å². The normalized spacial score (nSPS) is 28.8. The van der Waals surface area contributed by atoms with Crippen LogP contribution in [0.25, 0.3) is 0 Å². The Morgan fingerprint density at radius 2 is 1.33 bits per heavy atom. The highest BCUT2D eigenvalue weighted by molar-refractivity contribution is 4.77. The lowest BCUT2D eigenvalue weighted by Crippen LogP contribution is -2.31. The monoisotopic (exact) mass is 256 g/mol. The second-order valence-corrected chi connectivity index (χ2v) is 5.01. The molecule has 2 unspecified atom stereocenters. The maximum Gasteiger partial charge on any atom is 0.0722 e. The van der Waals surface area contributed by atoms with Gasteiger partial charge in [0.1, 0.15) is 0 Å². The standard InChI is InChI=1S/C12H24N4O2/c1-17-9-11-5-3-7-15(11)13-14-16-8-4-6-12(16)10-18-2/h11-12H,3-10H2,1-2H3/b14-13+. The van der Waals surface area contributed by atoms with Gasteiger partial charge in [-0.05, 0) is 25.7 Å². The first-order valence-corrected chi connectivity index (χ1v) is 6.78. The van der Waals surface area contributed by atoms with Crippen LogP contribution in [0.15, 0.2) is 10.4 Å². The van der Waals surface area contributed by atoms with Crippen LogP contribution in [0.5, 0.6) is 0 Å². The van der Waals surface area contributed by atoms with E-state index >= 15 is 0 Å². The van der Waals surface area contributed by atoms with Gasteiger partial charge in [0.2, 0.25) is 0 Å². The van der Waals surface area contributed by atoms with Crippen LogP contribution >= 0.6 is 0 Å². The van der Waals surface area contributed by atoms with E-state index in [0.717, 1.165) is 39.1 Å². The quantitative estimate of drug-likeness (QED) is 0.676. The number of hydrogen-bond acceptors (Lipinski definition) is 4. The molecule has 0 bridgehead atoms. The van der Waals surface area contributed by atoms with E-state index in [1.54, 1.807) is 14.2 Å². The van der Waals surface area contributed by atoms with Crippen LogP contribution < -0.4 is 0 Å². The minimum atomic E-state index is 0.391. The SMILES string of the molecule is COCC1CCCN1/N=N/N1CCCC1COC. The summed E-state index contributed by atoms with van der Waals surface area (Å²) in [6.45, 7) is 3.45. The summed E-state index contributed by atoms with van der Waals surface area (Å²) in [6.07, 6.45) is 4.64. The Morgan fingerprint density at radius 1 is 0.889 bits per heavy atom. The van der Waals surface area contributed by atoms with Gasteiger partial charge in [0.15, 0.2) is 0 Å². The largest absolute Gasteiger partial charge is 0.382 e. The van der Waals surface area contributed by atoms with Crippen LogP contribution in [0.2, 0.25) is 0 Å². The first-order chi connectivity index (χ1) is 8.85. The summed E-state index contributed by atoms with van der Waals surface area (Å²) >= 11 is 0. The maximum atomic E-state index is 5.21. The van der Waals surface area contributed by atoms with Gasteiger partial charge in [-0.1, -0.05) is 10.4 Å². The third-order valence-corrected chi connectivity index (χ3v) is 3.68. The molecule has 2 aliphatic heterocycles. The van der Waals surface area contributed by atoms with Crippen molar-refractivity contribution in [1.82, 2.24) is 10.0 Å². The Kier molecular flexibility index (Phi) is 5.19. The molecule has 18 heavy (non-hydrogen) atoms. The summed E-state index contributed by atoms with van der Waals surface area (Å²) in [7, 11) is 3.48. The van der Waals surface area contributed by atoms with Crippen LogP contribution in [0.3, 0.4) is 0 Å². The Labute approximate surface area is 109 Å². The average Bonchev–Trinajstić information content (AvgIpc) is 2.97. The van der Waals surface area contributed by atoms with Crippen molar-refractivity contribution < 1.29 is 9.47 Å². The highest BCUT2D eigenvalue weighted by Gasteiger charge is 2.26. The Morgan fingerprint density at radius 3 is 1.72 bits per heavy atom. The highest BCUT2D eigenvalue weighted by Crippen LogP contribution is 2.21. The predicted molar refractivity (Wildman–Crippen MR) is 68.1 cm³/mol. The zero-order valence-corrected chi connectivity index (χ0v) is 11.4. The molecular formula is C12H24N4O2. The molecule has 2 fully saturated rings. The van der Waals surface area contributed by atoms with E-state index in [9.17, 15) is 0 Å². The Hall–Kier alpha value is -0.880. The second-order valence-electron chi connectivity index (χ2n) is 5.01. The van der Waals surface area contributed by atoms with E-state index in [1.807, 2.05) is 0 Å². The zero-order valence-electron chi connectivity index (χ0n) is 11.4. The molecule has 0 aromatic heterocycles. The molecule has 104 valence electrons. The van der Waals surface area contributed by atoms with Gasteiger partial charge in [-0.15, -0.1) is 0 Å². The summed E-state index contributed by atoms with van der Waals surface area (Å²) in [5, 5.41) is 12.9. The summed E-state index contributed by atoms with van der Waals surface area (Å²) in [6, 6.07) is 0.782. The molecule has 0 spiro atoms. The van der Waals surface area contributed by atoms with E-state index in [-0.39, 0.29) is 0 Å². The zero-order chi connectivity index (χ0) is 12.8. The van der Waals surface area contributed by atoms with Gasteiger partial charge in [-0.25, -0.2) is 0 Å². The molecule has 0 aromatic carbocycles. The van der Waals surface area contributed by atoms with Crippen molar-refractivity contribution in [3.05, 3.63) is 0 Å². The maximum absolute atomic E-state index is 5.21. The van der Waals surface area contributed by atoms with E-state index in [1.165, 1.54) is 12.8 Å². The van der Waals surface area contributed by atoms with E-state index in [2.05, 4.69) is 20.5 Å². The fourth-order valence-corrected chi connectivity index (χ4v) is 2.70. The third kappa shape index (κ3) is 3.32. The summed E-state index contributed by atoms with van der Waals surface area (Å²) < 4.78 is 10.4. The number of hydrogen-bond donors (Lipinski definition) is 0. The van der Waals surface area contributed by atoms with Crippen molar-refractivity contribution in [1.29, 1.82) is 0 Å².